The number of carbonyl (C=O) groups excluding carboxylic acids is 2. The molecule has 0 radical (unpaired) electrons. The number of methoxy groups -OCH3 is 1. The van der Waals surface area contributed by atoms with Gasteiger partial charge in [0.05, 0.1) is 13.4 Å². The minimum absolute atomic E-state index is 0.308. The van der Waals surface area contributed by atoms with Crippen molar-refractivity contribution in [1.82, 2.24) is 14.9 Å². The van der Waals surface area contributed by atoms with Crippen molar-refractivity contribution >= 4 is 34.9 Å². The summed E-state index contributed by atoms with van der Waals surface area (Å²) in [5.41, 5.74) is 2.99. The van der Waals surface area contributed by atoms with E-state index in [2.05, 4.69) is 10.3 Å². The Morgan fingerprint density at radius 3 is 2.66 bits per heavy atom. The number of halogens is 1. The summed E-state index contributed by atoms with van der Waals surface area (Å²) in [5, 5.41) is 4.72. The maximum atomic E-state index is 13.5. The zero-order valence-electron chi connectivity index (χ0n) is 19.1. The van der Waals surface area contributed by atoms with Crippen LogP contribution in [0.4, 0.5) is 4.39 Å². The molecule has 35 heavy (non-hydrogen) atoms. The molecular weight excluding hydrogens is 465 g/mol. The van der Waals surface area contributed by atoms with Crippen molar-refractivity contribution < 1.29 is 18.7 Å². The number of allylic oxidation sites excluding steroid dienone is 1. The molecule has 0 fully saturated rings. The maximum Gasteiger partial charge on any atom is 0.328 e. The fourth-order valence-electron chi connectivity index (χ4n) is 3.64. The Bertz CT molecular complexity index is 1300. The number of aromatic nitrogens is 2. The Labute approximate surface area is 206 Å². The van der Waals surface area contributed by atoms with Crippen LogP contribution in [0.5, 0.6) is 0 Å². The Morgan fingerprint density at radius 1 is 1.14 bits per heavy atom. The highest BCUT2D eigenvalue weighted by Crippen LogP contribution is 2.22. The third kappa shape index (κ3) is 6.51. The first-order chi connectivity index (χ1) is 17.0. The highest BCUT2D eigenvalue weighted by Gasteiger charge is 2.23. The number of carbonyl (C=O) groups is 2. The van der Waals surface area contributed by atoms with Gasteiger partial charge in [-0.15, -0.1) is 11.3 Å². The van der Waals surface area contributed by atoms with Crippen LogP contribution in [0.3, 0.4) is 0 Å². The Hall–Kier alpha value is -4.04. The smallest absolute Gasteiger partial charge is 0.328 e. The number of esters is 1. The number of thiophene rings is 1. The van der Waals surface area contributed by atoms with Crippen molar-refractivity contribution in [3.8, 4) is 0 Å². The molecule has 0 aliphatic carbocycles. The molecule has 4 aromatic rings. The van der Waals surface area contributed by atoms with Crippen molar-refractivity contribution in [2.24, 2.45) is 0 Å². The van der Waals surface area contributed by atoms with Crippen molar-refractivity contribution in [2.75, 3.05) is 7.11 Å². The van der Waals surface area contributed by atoms with Gasteiger partial charge in [-0.3, -0.25) is 4.79 Å². The molecule has 1 N–H and O–H groups in total. The second-order valence-electron chi connectivity index (χ2n) is 7.87. The summed E-state index contributed by atoms with van der Waals surface area (Å²) in [4.78, 5) is 30.4. The quantitative estimate of drug-likeness (QED) is 0.270. The number of nitrogens with zero attached hydrogens (tertiary/aromatic N) is 2. The predicted octanol–water partition coefficient (Wildman–Crippen LogP) is 4.84. The summed E-state index contributed by atoms with van der Waals surface area (Å²) < 4.78 is 20.3. The molecule has 2 aromatic heterocycles. The molecule has 0 saturated carbocycles. The van der Waals surface area contributed by atoms with Crippen LogP contribution in [-0.4, -0.2) is 34.6 Å². The first kappa shape index (κ1) is 24.1. The monoisotopic (exact) mass is 489 g/mol. The first-order valence-electron chi connectivity index (χ1n) is 10.9. The SMILES string of the molecule is COC(=O)C(Cc1cccs1)NC(=O)c1cccc(C=C(Cn2ccnc2)c2ccc(F)cc2)c1. The predicted molar refractivity (Wildman–Crippen MR) is 134 cm³/mol. The van der Waals surface area contributed by atoms with Gasteiger partial charge >= 0.3 is 5.97 Å². The number of rotatable bonds is 9. The number of amides is 1. The lowest BCUT2D eigenvalue weighted by Gasteiger charge is -2.16. The fraction of sp³-hybridized carbons (Fsp3) is 0.148. The van der Waals surface area contributed by atoms with Gasteiger partial charge in [0.15, 0.2) is 0 Å². The molecule has 0 aliphatic heterocycles. The van der Waals surface area contributed by atoms with Crippen LogP contribution in [0.25, 0.3) is 11.6 Å². The minimum Gasteiger partial charge on any atom is -0.467 e. The molecule has 178 valence electrons. The standard InChI is InChI=1S/C27H24FN3O3S/c1-34-27(33)25(16-24-6-3-13-35-24)30-26(32)21-5-2-4-19(14-21)15-22(17-31-12-11-29-18-31)20-7-9-23(28)10-8-20/h2-15,18,25H,16-17H2,1H3,(H,30,32). The minimum atomic E-state index is -0.790. The van der Waals surface area contributed by atoms with E-state index in [-0.39, 0.29) is 11.7 Å². The molecule has 1 unspecified atom stereocenters. The van der Waals surface area contributed by atoms with Crippen LogP contribution in [0.2, 0.25) is 0 Å². The molecule has 6 nitrogen and oxygen atoms in total. The van der Waals surface area contributed by atoms with E-state index >= 15 is 0 Å². The van der Waals surface area contributed by atoms with Gasteiger partial charge in [0.2, 0.25) is 0 Å². The molecule has 0 aliphatic rings. The average molecular weight is 490 g/mol. The van der Waals surface area contributed by atoms with Crippen molar-refractivity contribution in [1.29, 1.82) is 0 Å². The van der Waals surface area contributed by atoms with E-state index in [0.29, 0.717) is 18.5 Å². The van der Waals surface area contributed by atoms with Gasteiger partial charge < -0.3 is 14.6 Å². The number of ether oxygens (including phenoxy) is 1. The van der Waals surface area contributed by atoms with Crippen molar-refractivity contribution in [2.45, 2.75) is 19.0 Å². The van der Waals surface area contributed by atoms with E-state index < -0.39 is 12.0 Å². The third-order valence-electron chi connectivity index (χ3n) is 5.39. The van der Waals surface area contributed by atoms with Gasteiger partial charge in [0, 0.05) is 35.8 Å². The van der Waals surface area contributed by atoms with E-state index in [1.807, 2.05) is 40.4 Å². The molecule has 1 amide bonds. The molecule has 0 bridgehead atoms. The number of hydrogen-bond donors (Lipinski definition) is 1. The molecular formula is C27H24FN3O3S. The molecule has 1 atom stereocenters. The average Bonchev–Trinajstić information content (AvgIpc) is 3.58. The first-order valence-corrected chi connectivity index (χ1v) is 11.8. The van der Waals surface area contributed by atoms with Crippen LogP contribution in [0.15, 0.2) is 84.8 Å². The van der Waals surface area contributed by atoms with Gasteiger partial charge in [0.25, 0.3) is 5.91 Å². The van der Waals surface area contributed by atoms with Crippen molar-refractivity contribution in [3.63, 3.8) is 0 Å². The lowest BCUT2D eigenvalue weighted by atomic mass is 10.0. The van der Waals surface area contributed by atoms with Gasteiger partial charge in [-0.1, -0.05) is 30.3 Å². The maximum absolute atomic E-state index is 13.5. The number of benzene rings is 2. The summed E-state index contributed by atoms with van der Waals surface area (Å²) in [7, 11) is 1.30. The lowest BCUT2D eigenvalue weighted by Crippen LogP contribution is -2.42. The molecule has 0 saturated heterocycles. The van der Waals surface area contributed by atoms with Crippen LogP contribution < -0.4 is 5.32 Å². The fourth-order valence-corrected chi connectivity index (χ4v) is 4.39. The highest BCUT2D eigenvalue weighted by atomic mass is 32.1. The Kier molecular flexibility index (Phi) is 7.84. The van der Waals surface area contributed by atoms with E-state index in [1.165, 1.54) is 30.6 Å². The summed E-state index contributed by atoms with van der Waals surface area (Å²) in [5.74, 6) is -1.18. The highest BCUT2D eigenvalue weighted by molar-refractivity contribution is 7.09. The van der Waals surface area contributed by atoms with E-state index in [4.69, 9.17) is 4.74 Å². The molecule has 4 rings (SSSR count). The second kappa shape index (κ2) is 11.4. The molecule has 2 heterocycles. The topological polar surface area (TPSA) is 73.2 Å². The summed E-state index contributed by atoms with van der Waals surface area (Å²) in [6, 6.07) is 16.4. The van der Waals surface area contributed by atoms with Crippen LogP contribution in [-0.2, 0) is 22.5 Å². The van der Waals surface area contributed by atoms with E-state index in [0.717, 1.165) is 21.6 Å². The third-order valence-corrected chi connectivity index (χ3v) is 6.29. The number of hydrogen-bond acceptors (Lipinski definition) is 5. The Balaban J connectivity index is 1.58. The zero-order valence-corrected chi connectivity index (χ0v) is 19.9. The van der Waals surface area contributed by atoms with E-state index in [1.54, 1.807) is 42.9 Å². The van der Waals surface area contributed by atoms with E-state index in [9.17, 15) is 14.0 Å². The summed E-state index contributed by atoms with van der Waals surface area (Å²) >= 11 is 1.51. The van der Waals surface area contributed by atoms with Gasteiger partial charge in [-0.05, 0) is 58.5 Å². The zero-order chi connectivity index (χ0) is 24.6. The molecule has 2 aromatic carbocycles. The number of nitrogens with one attached hydrogen (secondary N) is 1. The van der Waals surface area contributed by atoms with Gasteiger partial charge in [0.1, 0.15) is 11.9 Å². The lowest BCUT2D eigenvalue weighted by molar-refractivity contribution is -0.142. The molecule has 8 heteroatoms. The molecule has 0 spiro atoms. The van der Waals surface area contributed by atoms with Gasteiger partial charge in [-0.2, -0.15) is 0 Å². The largest absolute Gasteiger partial charge is 0.467 e. The van der Waals surface area contributed by atoms with Crippen LogP contribution in [0, 0.1) is 5.82 Å². The van der Waals surface area contributed by atoms with Crippen LogP contribution >= 0.6 is 11.3 Å². The van der Waals surface area contributed by atoms with Gasteiger partial charge in [-0.25, -0.2) is 14.2 Å². The van der Waals surface area contributed by atoms with Crippen LogP contribution in [0.1, 0.15) is 26.4 Å². The summed E-state index contributed by atoms with van der Waals surface area (Å²) in [6.45, 7) is 0.521. The van der Waals surface area contributed by atoms with Crippen molar-refractivity contribution in [3.05, 3.63) is 112 Å². The summed E-state index contributed by atoms with van der Waals surface area (Å²) in [6.07, 6.45) is 7.56. The Morgan fingerprint density at radius 2 is 1.97 bits per heavy atom. The normalized spacial score (nSPS) is 12.2. The second-order valence-corrected chi connectivity index (χ2v) is 8.90. The number of imidazole rings is 1.